The van der Waals surface area contributed by atoms with E-state index in [0.29, 0.717) is 0 Å². The van der Waals surface area contributed by atoms with E-state index in [1.54, 1.807) is 0 Å². The maximum atomic E-state index is 4.20. The number of nitrogens with zero attached hydrogens (tertiary/aromatic N) is 1. The molecule has 0 saturated carbocycles. The molecule has 0 amide bonds. The molecule has 0 spiro atoms. The molecule has 0 atom stereocenters. The Morgan fingerprint density at radius 2 is 1.73 bits per heavy atom. The van der Waals surface area contributed by atoms with Crippen molar-refractivity contribution in [2.45, 2.75) is 32.1 Å². The molecule has 1 fully saturated rings. The lowest BCUT2D eigenvalue weighted by Gasteiger charge is -2.26. The van der Waals surface area contributed by atoms with Crippen LogP contribution in [-0.4, -0.2) is 30.3 Å². The zero-order valence-electron chi connectivity index (χ0n) is 7.26. The molecule has 0 radical (unpaired) electrons. The summed E-state index contributed by atoms with van der Waals surface area (Å²) in [5.41, 5.74) is 0. The Hall–Kier alpha value is 0.310. The van der Waals surface area contributed by atoms with Gasteiger partial charge in [-0.2, -0.15) is 12.6 Å². The Morgan fingerprint density at radius 1 is 1.00 bits per heavy atom. The van der Waals surface area contributed by atoms with Crippen LogP contribution in [0.4, 0.5) is 0 Å². The van der Waals surface area contributed by atoms with Crippen LogP contribution in [-0.2, 0) is 0 Å². The Balaban J connectivity index is 1.96. The van der Waals surface area contributed by atoms with E-state index in [0.717, 1.165) is 5.75 Å². The predicted molar refractivity (Wildman–Crippen MR) is 53.4 cm³/mol. The van der Waals surface area contributed by atoms with Crippen molar-refractivity contribution in [2.75, 3.05) is 25.4 Å². The van der Waals surface area contributed by atoms with Crippen molar-refractivity contribution in [1.29, 1.82) is 0 Å². The van der Waals surface area contributed by atoms with Gasteiger partial charge in [-0.15, -0.1) is 0 Å². The standard InChI is InChI=1S/C9H19NS/c11-9-5-4-8-10-6-2-1-3-7-10/h11H,1-9H2. The number of hydrogen-bond donors (Lipinski definition) is 1. The first-order chi connectivity index (χ1) is 5.43. The molecular formula is C9H19NS. The van der Waals surface area contributed by atoms with Gasteiger partial charge in [0.05, 0.1) is 0 Å². The first kappa shape index (κ1) is 9.40. The number of piperidine rings is 1. The highest BCUT2D eigenvalue weighted by Crippen LogP contribution is 2.09. The number of unbranched alkanes of at least 4 members (excludes halogenated alkanes) is 1. The summed E-state index contributed by atoms with van der Waals surface area (Å²) in [6.45, 7) is 3.99. The van der Waals surface area contributed by atoms with E-state index in [1.165, 1.54) is 51.7 Å². The van der Waals surface area contributed by atoms with Gasteiger partial charge < -0.3 is 4.90 Å². The van der Waals surface area contributed by atoms with Crippen molar-refractivity contribution in [3.63, 3.8) is 0 Å². The molecule has 66 valence electrons. The van der Waals surface area contributed by atoms with Crippen molar-refractivity contribution in [2.24, 2.45) is 0 Å². The highest BCUT2D eigenvalue weighted by atomic mass is 32.1. The van der Waals surface area contributed by atoms with Gasteiger partial charge in [-0.1, -0.05) is 6.42 Å². The summed E-state index contributed by atoms with van der Waals surface area (Å²) in [5.74, 6) is 1.05. The van der Waals surface area contributed by atoms with Gasteiger partial charge >= 0.3 is 0 Å². The fourth-order valence-corrected chi connectivity index (χ4v) is 1.85. The lowest BCUT2D eigenvalue weighted by atomic mass is 10.1. The highest BCUT2D eigenvalue weighted by Gasteiger charge is 2.08. The van der Waals surface area contributed by atoms with Crippen LogP contribution in [0, 0.1) is 0 Å². The molecule has 0 bridgehead atoms. The van der Waals surface area contributed by atoms with Crippen molar-refractivity contribution in [3.05, 3.63) is 0 Å². The third-order valence-electron chi connectivity index (χ3n) is 2.33. The molecule has 0 aromatic carbocycles. The summed E-state index contributed by atoms with van der Waals surface area (Å²) in [6, 6.07) is 0. The quantitative estimate of drug-likeness (QED) is 0.504. The zero-order chi connectivity index (χ0) is 7.94. The molecule has 1 saturated heterocycles. The summed E-state index contributed by atoms with van der Waals surface area (Å²) in [5, 5.41) is 0. The van der Waals surface area contributed by atoms with E-state index in [9.17, 15) is 0 Å². The van der Waals surface area contributed by atoms with Crippen molar-refractivity contribution in [3.8, 4) is 0 Å². The Kier molecular flexibility index (Phi) is 5.04. The molecule has 0 N–H and O–H groups in total. The number of likely N-dealkylation sites (tertiary alicyclic amines) is 1. The van der Waals surface area contributed by atoms with E-state index in [1.807, 2.05) is 0 Å². The van der Waals surface area contributed by atoms with Crippen LogP contribution in [0.25, 0.3) is 0 Å². The molecule has 1 aliphatic rings. The molecular weight excluding hydrogens is 154 g/mol. The van der Waals surface area contributed by atoms with E-state index in [2.05, 4.69) is 17.5 Å². The molecule has 1 rings (SSSR count). The maximum Gasteiger partial charge on any atom is -0.00184 e. The third kappa shape index (κ3) is 4.02. The zero-order valence-corrected chi connectivity index (χ0v) is 8.15. The van der Waals surface area contributed by atoms with Crippen LogP contribution in [0.1, 0.15) is 32.1 Å². The number of rotatable bonds is 4. The SMILES string of the molecule is SCCCCN1CCCCC1. The topological polar surface area (TPSA) is 3.24 Å². The van der Waals surface area contributed by atoms with Crippen molar-refractivity contribution in [1.82, 2.24) is 4.90 Å². The van der Waals surface area contributed by atoms with E-state index in [-0.39, 0.29) is 0 Å². The molecule has 1 heterocycles. The van der Waals surface area contributed by atoms with Crippen LogP contribution >= 0.6 is 12.6 Å². The van der Waals surface area contributed by atoms with Gasteiger partial charge in [-0.25, -0.2) is 0 Å². The smallest absolute Gasteiger partial charge is 0.00184 e. The average Bonchev–Trinajstić information content (AvgIpc) is 2.07. The van der Waals surface area contributed by atoms with E-state index in [4.69, 9.17) is 0 Å². The average molecular weight is 173 g/mol. The van der Waals surface area contributed by atoms with Crippen molar-refractivity contribution >= 4 is 12.6 Å². The molecule has 1 nitrogen and oxygen atoms in total. The Bertz CT molecular complexity index is 89.6. The van der Waals surface area contributed by atoms with Gasteiger partial charge in [0, 0.05) is 0 Å². The minimum Gasteiger partial charge on any atom is -0.303 e. The molecule has 2 heteroatoms. The summed E-state index contributed by atoms with van der Waals surface area (Å²) in [7, 11) is 0. The minimum atomic E-state index is 1.05. The predicted octanol–water partition coefficient (Wildman–Crippen LogP) is 2.18. The van der Waals surface area contributed by atoms with E-state index >= 15 is 0 Å². The lowest BCUT2D eigenvalue weighted by molar-refractivity contribution is 0.226. The summed E-state index contributed by atoms with van der Waals surface area (Å²) in [4.78, 5) is 2.59. The fraction of sp³-hybridized carbons (Fsp3) is 1.00. The molecule has 1 aliphatic heterocycles. The first-order valence-electron chi connectivity index (χ1n) is 4.76. The molecule has 0 aromatic rings. The van der Waals surface area contributed by atoms with Gasteiger partial charge in [0.15, 0.2) is 0 Å². The van der Waals surface area contributed by atoms with Crippen molar-refractivity contribution < 1.29 is 0 Å². The van der Waals surface area contributed by atoms with Gasteiger partial charge in [0.2, 0.25) is 0 Å². The second-order valence-electron chi connectivity index (χ2n) is 3.33. The Morgan fingerprint density at radius 3 is 2.36 bits per heavy atom. The van der Waals surface area contributed by atoms with Crippen LogP contribution in [0.5, 0.6) is 0 Å². The molecule has 11 heavy (non-hydrogen) atoms. The second-order valence-corrected chi connectivity index (χ2v) is 3.78. The summed E-state index contributed by atoms with van der Waals surface area (Å²) < 4.78 is 0. The third-order valence-corrected chi connectivity index (χ3v) is 2.65. The van der Waals surface area contributed by atoms with Crippen LogP contribution in [0.15, 0.2) is 0 Å². The minimum absolute atomic E-state index is 1.05. The van der Waals surface area contributed by atoms with Gasteiger partial charge in [0.1, 0.15) is 0 Å². The molecule has 0 unspecified atom stereocenters. The number of hydrogen-bond acceptors (Lipinski definition) is 2. The maximum absolute atomic E-state index is 4.20. The lowest BCUT2D eigenvalue weighted by Crippen LogP contribution is -2.30. The molecule has 0 aliphatic carbocycles. The summed E-state index contributed by atoms with van der Waals surface area (Å²) >= 11 is 4.20. The molecule has 0 aromatic heterocycles. The first-order valence-corrected chi connectivity index (χ1v) is 5.40. The van der Waals surface area contributed by atoms with Gasteiger partial charge in [-0.3, -0.25) is 0 Å². The normalized spacial score (nSPS) is 20.5. The second kappa shape index (κ2) is 5.90. The highest BCUT2D eigenvalue weighted by molar-refractivity contribution is 7.80. The van der Waals surface area contributed by atoms with Gasteiger partial charge in [-0.05, 0) is 51.1 Å². The fourth-order valence-electron chi connectivity index (χ4n) is 1.63. The number of thiol groups is 1. The van der Waals surface area contributed by atoms with Crippen LogP contribution in [0.3, 0.4) is 0 Å². The van der Waals surface area contributed by atoms with Crippen LogP contribution < -0.4 is 0 Å². The van der Waals surface area contributed by atoms with Crippen LogP contribution in [0.2, 0.25) is 0 Å². The van der Waals surface area contributed by atoms with Gasteiger partial charge in [0.25, 0.3) is 0 Å². The summed E-state index contributed by atoms with van der Waals surface area (Å²) in [6.07, 6.45) is 6.90. The largest absolute Gasteiger partial charge is 0.303 e. The Labute approximate surface area is 75.6 Å². The van der Waals surface area contributed by atoms with E-state index < -0.39 is 0 Å². The monoisotopic (exact) mass is 173 g/mol.